The van der Waals surface area contributed by atoms with Crippen molar-refractivity contribution in [2.24, 2.45) is 0 Å². The molecule has 2 unspecified atom stereocenters. The fourth-order valence-corrected chi connectivity index (χ4v) is 2.84. The molecule has 1 rings (SSSR count). The maximum absolute atomic E-state index is 3.66. The van der Waals surface area contributed by atoms with Gasteiger partial charge in [0, 0.05) is 11.3 Å². The first kappa shape index (κ1) is 12.3. The Morgan fingerprint density at radius 3 is 2.71 bits per heavy atom. The fraction of sp³-hybridized carbons (Fsp3) is 1.00. The number of nitrogens with zero attached hydrogens (tertiary/aromatic N) is 1. The van der Waals surface area contributed by atoms with E-state index in [2.05, 4.69) is 30.6 Å². The summed E-state index contributed by atoms with van der Waals surface area (Å²) in [4.78, 5) is 2.25. The zero-order valence-electron chi connectivity index (χ0n) is 9.75. The highest BCUT2D eigenvalue weighted by atomic mass is 32.2. The summed E-state index contributed by atoms with van der Waals surface area (Å²) in [6, 6.07) is 0.801. The van der Waals surface area contributed by atoms with Crippen LogP contribution in [0.2, 0.25) is 0 Å². The number of rotatable bonds is 6. The Morgan fingerprint density at radius 1 is 1.36 bits per heavy atom. The topological polar surface area (TPSA) is 15.3 Å². The van der Waals surface area contributed by atoms with E-state index in [4.69, 9.17) is 0 Å². The molecule has 0 aliphatic heterocycles. The second kappa shape index (κ2) is 6.70. The van der Waals surface area contributed by atoms with Crippen molar-refractivity contribution in [1.82, 2.24) is 10.2 Å². The van der Waals surface area contributed by atoms with Gasteiger partial charge in [0.1, 0.15) is 0 Å². The van der Waals surface area contributed by atoms with Gasteiger partial charge in [0.15, 0.2) is 0 Å². The Morgan fingerprint density at radius 2 is 2.14 bits per heavy atom. The zero-order valence-corrected chi connectivity index (χ0v) is 10.6. The van der Waals surface area contributed by atoms with Gasteiger partial charge in [-0.05, 0) is 59.1 Å². The van der Waals surface area contributed by atoms with Gasteiger partial charge in [0.2, 0.25) is 0 Å². The summed E-state index contributed by atoms with van der Waals surface area (Å²) in [5.74, 6) is 0. The normalized spacial score (nSPS) is 27.4. The molecule has 0 aromatic heterocycles. The molecule has 0 amide bonds. The van der Waals surface area contributed by atoms with E-state index >= 15 is 0 Å². The molecule has 0 spiro atoms. The summed E-state index contributed by atoms with van der Waals surface area (Å²) >= 11 is 2.03. The second-order valence-electron chi connectivity index (χ2n) is 4.48. The summed E-state index contributed by atoms with van der Waals surface area (Å²) in [7, 11) is 4.28. The van der Waals surface area contributed by atoms with E-state index in [1.807, 2.05) is 11.8 Å². The molecule has 0 bridgehead atoms. The zero-order chi connectivity index (χ0) is 10.4. The van der Waals surface area contributed by atoms with Crippen molar-refractivity contribution in [3.63, 3.8) is 0 Å². The minimum Gasteiger partial charge on any atom is -0.314 e. The summed E-state index contributed by atoms with van der Waals surface area (Å²) in [5, 5.41) is 4.58. The Kier molecular flexibility index (Phi) is 5.90. The Bertz CT molecular complexity index is 150. The van der Waals surface area contributed by atoms with Crippen LogP contribution < -0.4 is 5.32 Å². The second-order valence-corrected chi connectivity index (χ2v) is 5.62. The maximum atomic E-state index is 3.66. The largest absolute Gasteiger partial charge is 0.314 e. The van der Waals surface area contributed by atoms with Crippen LogP contribution in [0.15, 0.2) is 0 Å². The van der Waals surface area contributed by atoms with Crippen LogP contribution in [-0.2, 0) is 0 Å². The molecular weight excluding hydrogens is 192 g/mol. The van der Waals surface area contributed by atoms with E-state index in [0.717, 1.165) is 11.3 Å². The molecule has 1 N–H and O–H groups in total. The predicted octanol–water partition coefficient (Wildman–Crippen LogP) is 1.81. The van der Waals surface area contributed by atoms with Gasteiger partial charge in [0.25, 0.3) is 0 Å². The van der Waals surface area contributed by atoms with E-state index in [1.165, 1.54) is 38.8 Å². The Hall–Kier alpha value is 0.270. The average Bonchev–Trinajstić information content (AvgIpc) is 2.60. The molecular formula is C11H24N2S. The molecule has 0 heterocycles. The first-order chi connectivity index (χ1) is 6.72. The SMILES string of the molecule is CSC1CCC(NCCCN(C)C)C1. The highest BCUT2D eigenvalue weighted by Crippen LogP contribution is 2.27. The van der Waals surface area contributed by atoms with Gasteiger partial charge in [-0.25, -0.2) is 0 Å². The van der Waals surface area contributed by atoms with Crippen LogP contribution in [0.3, 0.4) is 0 Å². The van der Waals surface area contributed by atoms with Crippen molar-refractivity contribution in [3.05, 3.63) is 0 Å². The van der Waals surface area contributed by atoms with Gasteiger partial charge < -0.3 is 10.2 Å². The molecule has 0 aromatic carbocycles. The van der Waals surface area contributed by atoms with Crippen LogP contribution in [0.5, 0.6) is 0 Å². The molecule has 1 fully saturated rings. The smallest absolute Gasteiger partial charge is 0.00780 e. The standard InChI is InChI=1S/C11H24N2S/c1-13(2)8-4-7-12-10-5-6-11(9-10)14-3/h10-12H,4-9H2,1-3H3. The van der Waals surface area contributed by atoms with Crippen molar-refractivity contribution in [3.8, 4) is 0 Å². The first-order valence-electron chi connectivity index (χ1n) is 5.63. The third kappa shape index (κ3) is 4.67. The summed E-state index contributed by atoms with van der Waals surface area (Å²) in [6.45, 7) is 2.38. The lowest BCUT2D eigenvalue weighted by Crippen LogP contribution is -2.29. The first-order valence-corrected chi connectivity index (χ1v) is 6.92. The summed E-state index contributed by atoms with van der Waals surface area (Å²) < 4.78 is 0. The summed E-state index contributed by atoms with van der Waals surface area (Å²) in [6.07, 6.45) is 7.68. The molecule has 0 aromatic rings. The Balaban J connectivity index is 1.97. The fourth-order valence-electron chi connectivity index (χ4n) is 2.04. The molecule has 1 aliphatic carbocycles. The highest BCUT2D eigenvalue weighted by molar-refractivity contribution is 7.99. The monoisotopic (exact) mass is 216 g/mol. The van der Waals surface area contributed by atoms with E-state index < -0.39 is 0 Å². The quantitative estimate of drug-likeness (QED) is 0.682. The number of nitrogens with one attached hydrogen (secondary N) is 1. The molecule has 0 radical (unpaired) electrons. The van der Waals surface area contributed by atoms with Crippen molar-refractivity contribution in [2.45, 2.75) is 37.0 Å². The van der Waals surface area contributed by atoms with Crippen molar-refractivity contribution in [2.75, 3.05) is 33.4 Å². The predicted molar refractivity (Wildman–Crippen MR) is 66.1 cm³/mol. The van der Waals surface area contributed by atoms with Crippen molar-refractivity contribution < 1.29 is 0 Å². The minimum absolute atomic E-state index is 0.801. The highest BCUT2D eigenvalue weighted by Gasteiger charge is 2.22. The third-order valence-electron chi connectivity index (χ3n) is 2.93. The van der Waals surface area contributed by atoms with Crippen molar-refractivity contribution in [1.29, 1.82) is 0 Å². The van der Waals surface area contributed by atoms with Crippen molar-refractivity contribution >= 4 is 11.8 Å². The van der Waals surface area contributed by atoms with Gasteiger partial charge in [0.05, 0.1) is 0 Å². The average molecular weight is 216 g/mol. The molecule has 1 aliphatic rings. The lowest BCUT2D eigenvalue weighted by Gasteiger charge is -2.14. The van der Waals surface area contributed by atoms with Crippen LogP contribution in [-0.4, -0.2) is 49.6 Å². The number of hydrogen-bond acceptors (Lipinski definition) is 3. The molecule has 84 valence electrons. The van der Waals surface area contributed by atoms with E-state index in [-0.39, 0.29) is 0 Å². The molecule has 2 nitrogen and oxygen atoms in total. The van der Waals surface area contributed by atoms with Gasteiger partial charge >= 0.3 is 0 Å². The molecule has 2 atom stereocenters. The van der Waals surface area contributed by atoms with E-state index in [9.17, 15) is 0 Å². The van der Waals surface area contributed by atoms with Crippen LogP contribution in [0, 0.1) is 0 Å². The lowest BCUT2D eigenvalue weighted by atomic mass is 10.2. The maximum Gasteiger partial charge on any atom is 0.00780 e. The molecule has 14 heavy (non-hydrogen) atoms. The van der Waals surface area contributed by atoms with E-state index in [0.29, 0.717) is 0 Å². The lowest BCUT2D eigenvalue weighted by molar-refractivity contribution is 0.386. The van der Waals surface area contributed by atoms with Gasteiger partial charge in [-0.3, -0.25) is 0 Å². The van der Waals surface area contributed by atoms with Crippen LogP contribution in [0.4, 0.5) is 0 Å². The van der Waals surface area contributed by atoms with Crippen LogP contribution in [0.1, 0.15) is 25.7 Å². The number of hydrogen-bond donors (Lipinski definition) is 1. The number of thioether (sulfide) groups is 1. The minimum atomic E-state index is 0.801. The Labute approximate surface area is 92.8 Å². The van der Waals surface area contributed by atoms with Crippen LogP contribution in [0.25, 0.3) is 0 Å². The van der Waals surface area contributed by atoms with Crippen LogP contribution >= 0.6 is 11.8 Å². The molecule has 1 saturated carbocycles. The summed E-state index contributed by atoms with van der Waals surface area (Å²) in [5.41, 5.74) is 0. The third-order valence-corrected chi connectivity index (χ3v) is 4.03. The van der Waals surface area contributed by atoms with Gasteiger partial charge in [-0.2, -0.15) is 11.8 Å². The van der Waals surface area contributed by atoms with Gasteiger partial charge in [-0.1, -0.05) is 0 Å². The molecule has 0 saturated heterocycles. The van der Waals surface area contributed by atoms with E-state index in [1.54, 1.807) is 0 Å². The molecule has 3 heteroatoms. The van der Waals surface area contributed by atoms with Gasteiger partial charge in [-0.15, -0.1) is 0 Å².